The molecule has 3 aliphatic rings. The molecule has 1 fully saturated rings. The highest BCUT2D eigenvalue weighted by atomic mass is 16.5. The number of hydrogen-bond donors (Lipinski definition) is 3. The zero-order valence-corrected chi connectivity index (χ0v) is 23.0. The number of nitrogens with one attached hydrogen (secondary N) is 3. The Hall–Kier alpha value is -3.72. The second-order valence-corrected chi connectivity index (χ2v) is 10.8. The highest BCUT2D eigenvalue weighted by molar-refractivity contribution is 5.90. The molecular weight excluding hydrogens is 496 g/mol. The van der Waals surface area contributed by atoms with Gasteiger partial charge < -0.3 is 15.4 Å². The van der Waals surface area contributed by atoms with E-state index in [1.165, 1.54) is 5.01 Å². The van der Waals surface area contributed by atoms with E-state index in [-0.39, 0.29) is 30.2 Å². The number of carbonyl (C=O) groups excluding carboxylic acids is 4. The number of ether oxygens (including phenoxy) is 1. The van der Waals surface area contributed by atoms with Crippen LogP contribution in [0.4, 0.5) is 0 Å². The van der Waals surface area contributed by atoms with Crippen molar-refractivity contribution < 1.29 is 23.9 Å². The van der Waals surface area contributed by atoms with E-state index in [2.05, 4.69) is 22.1 Å². The molecule has 0 aromatic heterocycles. The number of nitrogens with zero attached hydrogens (tertiary/aromatic N) is 1. The smallest absolute Gasteiger partial charge is 0.306 e. The predicted octanol–water partition coefficient (Wildman–Crippen LogP) is 3.05. The Balaban J connectivity index is 1.61. The summed E-state index contributed by atoms with van der Waals surface area (Å²) in [7, 11) is 0. The standard InChI is InChI=1S/C30H38N4O5/c1-18(2)27-29(37)32-20(4)30(38)34-16-6-9-25(33-34)28(36)31-19(3)23-7-5-8-24(17-23)22-13-10-21(11-14-22)12-15-26(35)39-27/h5,7-8,10-11,13-14,17-20,25,27,33H,6,9,12,15-16H2,1-4H3,(H,31,36)(H,32,37)/t19-,20+,25+,27+/m1/s1. The molecule has 4 atom stereocenters. The molecule has 0 radical (unpaired) electrons. The molecule has 3 heterocycles. The maximum absolute atomic E-state index is 13.1. The molecule has 5 rings (SSSR count). The molecule has 9 nitrogen and oxygen atoms in total. The molecule has 0 unspecified atom stereocenters. The third kappa shape index (κ3) is 7.03. The molecule has 3 aliphatic heterocycles. The van der Waals surface area contributed by atoms with Crippen molar-refractivity contribution in [3.63, 3.8) is 0 Å². The van der Waals surface area contributed by atoms with Crippen molar-refractivity contribution in [2.45, 2.75) is 77.6 Å². The van der Waals surface area contributed by atoms with Gasteiger partial charge in [-0.3, -0.25) is 24.2 Å². The molecule has 2 aromatic rings. The van der Waals surface area contributed by atoms with Gasteiger partial charge in [-0.05, 0) is 67.3 Å². The highest BCUT2D eigenvalue weighted by Crippen LogP contribution is 2.25. The molecule has 2 aromatic carbocycles. The number of amides is 3. The Kier molecular flexibility index (Phi) is 9.01. The third-order valence-corrected chi connectivity index (χ3v) is 7.27. The van der Waals surface area contributed by atoms with Crippen LogP contribution in [-0.4, -0.2) is 53.4 Å². The zero-order chi connectivity index (χ0) is 28.1. The van der Waals surface area contributed by atoms with Gasteiger partial charge in [-0.25, -0.2) is 5.43 Å². The lowest BCUT2D eigenvalue weighted by molar-refractivity contribution is -0.159. The lowest BCUT2D eigenvalue weighted by Gasteiger charge is -2.35. The van der Waals surface area contributed by atoms with Gasteiger partial charge in [-0.2, -0.15) is 0 Å². The van der Waals surface area contributed by atoms with Crippen LogP contribution in [0.2, 0.25) is 0 Å². The predicted molar refractivity (Wildman–Crippen MR) is 147 cm³/mol. The summed E-state index contributed by atoms with van der Waals surface area (Å²) in [6.45, 7) is 7.52. The Morgan fingerprint density at radius 1 is 0.872 bits per heavy atom. The summed E-state index contributed by atoms with van der Waals surface area (Å²) in [6, 6.07) is 14.3. The first-order valence-electron chi connectivity index (χ1n) is 13.7. The van der Waals surface area contributed by atoms with Crippen molar-refractivity contribution >= 4 is 23.7 Å². The molecule has 39 heavy (non-hydrogen) atoms. The Bertz CT molecular complexity index is 1210. The monoisotopic (exact) mass is 534 g/mol. The molecule has 3 amide bonds. The van der Waals surface area contributed by atoms with Crippen molar-refractivity contribution in [1.29, 1.82) is 0 Å². The first kappa shape index (κ1) is 28.3. The largest absolute Gasteiger partial charge is 0.452 e. The lowest BCUT2D eigenvalue weighted by Crippen LogP contribution is -2.61. The second-order valence-electron chi connectivity index (χ2n) is 10.8. The van der Waals surface area contributed by atoms with Gasteiger partial charge in [0.05, 0.1) is 6.04 Å². The average molecular weight is 535 g/mol. The van der Waals surface area contributed by atoms with E-state index < -0.39 is 30.1 Å². The lowest BCUT2D eigenvalue weighted by atomic mass is 9.98. The number of fused-ring (bicyclic) bond motifs is 12. The summed E-state index contributed by atoms with van der Waals surface area (Å²) in [5.74, 6) is -1.82. The quantitative estimate of drug-likeness (QED) is 0.485. The summed E-state index contributed by atoms with van der Waals surface area (Å²) in [6.07, 6.45) is 0.820. The minimum Gasteiger partial charge on any atom is -0.452 e. The van der Waals surface area contributed by atoms with Gasteiger partial charge in [0.2, 0.25) is 5.91 Å². The van der Waals surface area contributed by atoms with Crippen molar-refractivity contribution in [2.24, 2.45) is 5.92 Å². The summed E-state index contributed by atoms with van der Waals surface area (Å²) in [4.78, 5) is 51.9. The molecule has 9 heteroatoms. The van der Waals surface area contributed by atoms with Crippen LogP contribution in [0.1, 0.15) is 64.1 Å². The number of hydrazine groups is 1. The van der Waals surface area contributed by atoms with Crippen molar-refractivity contribution in [1.82, 2.24) is 21.1 Å². The van der Waals surface area contributed by atoms with Gasteiger partial charge in [0.15, 0.2) is 6.10 Å². The van der Waals surface area contributed by atoms with Gasteiger partial charge in [-0.1, -0.05) is 56.3 Å². The van der Waals surface area contributed by atoms with Gasteiger partial charge >= 0.3 is 5.97 Å². The van der Waals surface area contributed by atoms with Crippen LogP contribution in [0.5, 0.6) is 0 Å². The van der Waals surface area contributed by atoms with Crippen LogP contribution in [0.25, 0.3) is 11.1 Å². The minimum atomic E-state index is -1.02. The summed E-state index contributed by atoms with van der Waals surface area (Å²) >= 11 is 0. The fourth-order valence-electron chi connectivity index (χ4n) is 4.91. The normalized spacial score (nSPS) is 25.3. The molecular formula is C30H38N4O5. The van der Waals surface area contributed by atoms with E-state index in [1.54, 1.807) is 20.8 Å². The number of benzene rings is 2. The van der Waals surface area contributed by atoms with Gasteiger partial charge in [-0.15, -0.1) is 0 Å². The van der Waals surface area contributed by atoms with Crippen molar-refractivity contribution in [3.8, 4) is 11.1 Å². The van der Waals surface area contributed by atoms with Crippen LogP contribution >= 0.6 is 0 Å². The van der Waals surface area contributed by atoms with E-state index in [0.29, 0.717) is 25.8 Å². The number of hydrogen-bond acceptors (Lipinski definition) is 6. The highest BCUT2D eigenvalue weighted by Gasteiger charge is 2.33. The molecule has 0 saturated carbocycles. The van der Waals surface area contributed by atoms with E-state index in [4.69, 9.17) is 4.74 Å². The van der Waals surface area contributed by atoms with E-state index >= 15 is 0 Å². The van der Waals surface area contributed by atoms with Crippen molar-refractivity contribution in [3.05, 3.63) is 59.7 Å². The van der Waals surface area contributed by atoms with Gasteiger partial charge in [0.25, 0.3) is 11.8 Å². The third-order valence-electron chi connectivity index (χ3n) is 7.27. The fourth-order valence-corrected chi connectivity index (χ4v) is 4.91. The Labute approximate surface area is 229 Å². The minimum absolute atomic E-state index is 0.135. The van der Waals surface area contributed by atoms with Crippen molar-refractivity contribution in [2.75, 3.05) is 6.54 Å². The van der Waals surface area contributed by atoms with Gasteiger partial charge in [0, 0.05) is 13.0 Å². The van der Waals surface area contributed by atoms with E-state index in [9.17, 15) is 19.2 Å². The number of carbonyl (C=O) groups is 4. The summed E-state index contributed by atoms with van der Waals surface area (Å²) in [5.41, 5.74) is 7.03. The second kappa shape index (κ2) is 12.4. The first-order valence-corrected chi connectivity index (χ1v) is 13.7. The molecule has 6 bridgehead atoms. The SMILES string of the molecule is CC(C)[C@@H]1OC(=O)CCc2ccc(cc2)-c2cccc(c2)[C@@H](C)NC(=O)[C@@H]2CCCN(N2)C(=O)[C@H](C)NC1=O. The average Bonchev–Trinajstić information content (AvgIpc) is 2.94. The number of rotatable bonds is 1. The van der Waals surface area contributed by atoms with Crippen LogP contribution in [0.15, 0.2) is 48.5 Å². The van der Waals surface area contributed by atoms with Crippen LogP contribution in [-0.2, 0) is 30.3 Å². The topological polar surface area (TPSA) is 117 Å². The molecule has 0 aliphatic carbocycles. The zero-order valence-electron chi connectivity index (χ0n) is 23.0. The molecule has 1 saturated heterocycles. The van der Waals surface area contributed by atoms with Crippen LogP contribution in [0.3, 0.4) is 0 Å². The summed E-state index contributed by atoms with van der Waals surface area (Å²) in [5, 5.41) is 7.16. The fraction of sp³-hybridized carbons (Fsp3) is 0.467. The number of aryl methyl sites for hydroxylation is 1. The summed E-state index contributed by atoms with van der Waals surface area (Å²) < 4.78 is 5.55. The maximum atomic E-state index is 13.1. The Morgan fingerprint density at radius 2 is 1.59 bits per heavy atom. The maximum Gasteiger partial charge on any atom is 0.306 e. The molecule has 208 valence electrons. The Morgan fingerprint density at radius 3 is 2.31 bits per heavy atom. The first-order chi connectivity index (χ1) is 18.6. The molecule has 0 spiro atoms. The van der Waals surface area contributed by atoms with Gasteiger partial charge in [0.1, 0.15) is 12.1 Å². The van der Waals surface area contributed by atoms with Crippen LogP contribution in [0, 0.1) is 5.92 Å². The van der Waals surface area contributed by atoms with E-state index in [0.717, 1.165) is 22.3 Å². The van der Waals surface area contributed by atoms with Crippen LogP contribution < -0.4 is 16.1 Å². The number of esters is 1. The van der Waals surface area contributed by atoms with E-state index in [1.807, 2.05) is 49.4 Å². The molecule has 3 N–H and O–H groups in total.